The van der Waals surface area contributed by atoms with Gasteiger partial charge in [0.1, 0.15) is 0 Å². The Bertz CT molecular complexity index is 691. The molecule has 0 saturated carbocycles. The van der Waals surface area contributed by atoms with Crippen LogP contribution in [0.3, 0.4) is 0 Å². The van der Waals surface area contributed by atoms with Gasteiger partial charge in [0.25, 0.3) is 5.91 Å². The Kier molecular flexibility index (Phi) is 6.07. The van der Waals surface area contributed by atoms with Crippen molar-refractivity contribution in [1.82, 2.24) is 15.3 Å². The first kappa shape index (κ1) is 16.4. The number of nitrogens with zero attached hydrogens (tertiary/aromatic N) is 3. The van der Waals surface area contributed by atoms with Gasteiger partial charge in [-0.2, -0.15) is 5.26 Å². The molecule has 0 saturated heterocycles. The number of hydrogen-bond acceptors (Lipinski definition) is 5. The number of rotatable bonds is 7. The summed E-state index contributed by atoms with van der Waals surface area (Å²) < 4.78 is 0. The van der Waals surface area contributed by atoms with Crippen molar-refractivity contribution in [2.24, 2.45) is 0 Å². The van der Waals surface area contributed by atoms with Gasteiger partial charge < -0.3 is 10.6 Å². The highest BCUT2D eigenvalue weighted by Crippen LogP contribution is 2.14. The Morgan fingerprint density at radius 3 is 2.74 bits per heavy atom. The minimum absolute atomic E-state index is 0.167. The summed E-state index contributed by atoms with van der Waals surface area (Å²) in [6.07, 6.45) is 6.16. The zero-order valence-electron chi connectivity index (χ0n) is 13.0. The largest absolute Gasteiger partial charge is 0.352 e. The minimum atomic E-state index is -0.167. The number of amides is 1. The molecular weight excluding hydrogens is 290 g/mol. The highest BCUT2D eigenvalue weighted by molar-refractivity contribution is 5.93. The summed E-state index contributed by atoms with van der Waals surface area (Å²) in [5.41, 5.74) is 1.71. The van der Waals surface area contributed by atoms with Crippen molar-refractivity contribution in [3.05, 3.63) is 47.8 Å². The predicted octanol–water partition coefficient (Wildman–Crippen LogP) is 3.01. The molecule has 0 unspecified atom stereocenters. The van der Waals surface area contributed by atoms with Gasteiger partial charge in [-0.25, -0.2) is 9.97 Å². The second-order valence-corrected chi connectivity index (χ2v) is 5.08. The summed E-state index contributed by atoms with van der Waals surface area (Å²) in [6.45, 7) is 2.78. The Labute approximate surface area is 135 Å². The predicted molar refractivity (Wildman–Crippen MR) is 88.3 cm³/mol. The maximum atomic E-state index is 11.9. The summed E-state index contributed by atoms with van der Waals surface area (Å²) >= 11 is 0. The monoisotopic (exact) mass is 309 g/mol. The van der Waals surface area contributed by atoms with Gasteiger partial charge in [0.15, 0.2) is 0 Å². The first-order chi connectivity index (χ1) is 11.2. The number of anilines is 2. The third-order valence-corrected chi connectivity index (χ3v) is 3.23. The number of benzene rings is 1. The molecule has 1 amide bonds. The summed E-state index contributed by atoms with van der Waals surface area (Å²) in [7, 11) is 0. The molecule has 2 rings (SSSR count). The van der Waals surface area contributed by atoms with Crippen LogP contribution in [0.4, 0.5) is 11.6 Å². The van der Waals surface area contributed by atoms with Gasteiger partial charge in [0.05, 0.1) is 17.2 Å². The van der Waals surface area contributed by atoms with Crippen LogP contribution in [0, 0.1) is 11.3 Å². The fraction of sp³-hybridized carbons (Fsp3) is 0.294. The molecule has 0 spiro atoms. The number of nitriles is 1. The van der Waals surface area contributed by atoms with Crippen LogP contribution >= 0.6 is 0 Å². The first-order valence-electron chi connectivity index (χ1n) is 7.60. The van der Waals surface area contributed by atoms with Crippen molar-refractivity contribution in [1.29, 1.82) is 5.26 Å². The number of carbonyl (C=O) groups excluding carboxylic acids is 1. The molecule has 0 bridgehead atoms. The van der Waals surface area contributed by atoms with Crippen molar-refractivity contribution >= 4 is 17.5 Å². The average molecular weight is 309 g/mol. The SMILES string of the molecule is CCCCCNC(=O)c1cnc(Nc2cccc(C#N)c2)nc1. The molecule has 0 aliphatic heterocycles. The molecule has 0 atom stereocenters. The van der Waals surface area contributed by atoms with Gasteiger partial charge in [0, 0.05) is 24.6 Å². The van der Waals surface area contributed by atoms with Crippen molar-refractivity contribution in [3.8, 4) is 6.07 Å². The lowest BCUT2D eigenvalue weighted by Crippen LogP contribution is -2.24. The molecule has 1 aromatic carbocycles. The maximum Gasteiger partial charge on any atom is 0.254 e. The minimum Gasteiger partial charge on any atom is -0.352 e. The summed E-state index contributed by atoms with van der Waals surface area (Å²) in [5.74, 6) is 0.210. The zero-order valence-corrected chi connectivity index (χ0v) is 13.0. The number of nitrogens with one attached hydrogen (secondary N) is 2. The molecule has 118 valence electrons. The molecule has 0 aliphatic rings. The van der Waals surface area contributed by atoms with Gasteiger partial charge >= 0.3 is 0 Å². The standard InChI is InChI=1S/C17H19N5O/c1-2-3-4-8-19-16(23)14-11-20-17(21-12-14)22-15-7-5-6-13(9-15)10-18/h5-7,9,11-12H,2-4,8H2,1H3,(H,19,23)(H,20,21,22). The lowest BCUT2D eigenvalue weighted by atomic mass is 10.2. The van der Waals surface area contributed by atoms with E-state index in [1.807, 2.05) is 6.07 Å². The van der Waals surface area contributed by atoms with Crippen LogP contribution in [0.2, 0.25) is 0 Å². The average Bonchev–Trinajstić information content (AvgIpc) is 2.59. The Hall–Kier alpha value is -2.94. The van der Waals surface area contributed by atoms with Gasteiger partial charge in [-0.3, -0.25) is 4.79 Å². The molecule has 2 aromatic rings. The van der Waals surface area contributed by atoms with Crippen LogP contribution < -0.4 is 10.6 Å². The summed E-state index contributed by atoms with van der Waals surface area (Å²) in [4.78, 5) is 20.2. The fourth-order valence-electron chi connectivity index (χ4n) is 1.98. The van der Waals surface area contributed by atoms with Crippen molar-refractivity contribution in [3.63, 3.8) is 0 Å². The lowest BCUT2D eigenvalue weighted by molar-refractivity contribution is 0.0952. The van der Waals surface area contributed by atoms with Crippen LogP contribution in [-0.4, -0.2) is 22.4 Å². The second kappa shape index (κ2) is 8.49. The summed E-state index contributed by atoms with van der Waals surface area (Å²) in [6, 6.07) is 9.09. The third-order valence-electron chi connectivity index (χ3n) is 3.23. The normalized spacial score (nSPS) is 9.91. The van der Waals surface area contributed by atoms with E-state index >= 15 is 0 Å². The second-order valence-electron chi connectivity index (χ2n) is 5.08. The van der Waals surface area contributed by atoms with Crippen LogP contribution in [0.15, 0.2) is 36.7 Å². The number of aromatic nitrogens is 2. The van der Waals surface area contributed by atoms with Crippen molar-refractivity contribution in [2.75, 3.05) is 11.9 Å². The maximum absolute atomic E-state index is 11.9. The Balaban J connectivity index is 1.93. The van der Waals surface area contributed by atoms with Gasteiger partial charge in [0.2, 0.25) is 5.95 Å². The van der Waals surface area contributed by atoms with E-state index in [1.54, 1.807) is 18.2 Å². The molecular formula is C17H19N5O. The van der Waals surface area contributed by atoms with E-state index in [0.29, 0.717) is 23.6 Å². The Morgan fingerprint density at radius 2 is 2.04 bits per heavy atom. The van der Waals surface area contributed by atoms with E-state index in [0.717, 1.165) is 24.9 Å². The van der Waals surface area contributed by atoms with E-state index in [-0.39, 0.29) is 5.91 Å². The highest BCUT2D eigenvalue weighted by atomic mass is 16.1. The van der Waals surface area contributed by atoms with E-state index in [2.05, 4.69) is 33.6 Å². The van der Waals surface area contributed by atoms with Crippen molar-refractivity contribution in [2.45, 2.75) is 26.2 Å². The summed E-state index contributed by atoms with van der Waals surface area (Å²) in [5, 5.41) is 14.7. The molecule has 2 N–H and O–H groups in total. The van der Waals surface area contributed by atoms with E-state index in [9.17, 15) is 4.79 Å². The van der Waals surface area contributed by atoms with Crippen LogP contribution in [0.1, 0.15) is 42.1 Å². The molecule has 0 fully saturated rings. The third kappa shape index (κ3) is 5.08. The molecule has 1 heterocycles. The molecule has 23 heavy (non-hydrogen) atoms. The van der Waals surface area contributed by atoms with E-state index < -0.39 is 0 Å². The van der Waals surface area contributed by atoms with Gasteiger partial charge in [-0.15, -0.1) is 0 Å². The quantitative estimate of drug-likeness (QED) is 0.767. The first-order valence-corrected chi connectivity index (χ1v) is 7.60. The van der Waals surface area contributed by atoms with Crippen LogP contribution in [-0.2, 0) is 0 Å². The highest BCUT2D eigenvalue weighted by Gasteiger charge is 2.06. The van der Waals surface area contributed by atoms with Crippen LogP contribution in [0.25, 0.3) is 0 Å². The number of unbranched alkanes of at least 4 members (excludes halogenated alkanes) is 2. The molecule has 1 aromatic heterocycles. The van der Waals surface area contributed by atoms with E-state index in [1.165, 1.54) is 12.4 Å². The topological polar surface area (TPSA) is 90.7 Å². The Morgan fingerprint density at radius 1 is 1.26 bits per heavy atom. The molecule has 6 heteroatoms. The number of hydrogen-bond donors (Lipinski definition) is 2. The van der Waals surface area contributed by atoms with Gasteiger partial charge in [-0.1, -0.05) is 25.8 Å². The molecule has 0 radical (unpaired) electrons. The molecule has 6 nitrogen and oxygen atoms in total. The van der Waals surface area contributed by atoms with Crippen LogP contribution in [0.5, 0.6) is 0 Å². The zero-order chi connectivity index (χ0) is 16.5. The fourth-order valence-corrected chi connectivity index (χ4v) is 1.98. The number of carbonyl (C=O) groups is 1. The lowest BCUT2D eigenvalue weighted by Gasteiger charge is -2.06. The smallest absolute Gasteiger partial charge is 0.254 e. The van der Waals surface area contributed by atoms with E-state index in [4.69, 9.17) is 5.26 Å². The van der Waals surface area contributed by atoms with Crippen molar-refractivity contribution < 1.29 is 4.79 Å². The molecule has 0 aliphatic carbocycles. The van der Waals surface area contributed by atoms with Gasteiger partial charge in [-0.05, 0) is 24.6 Å².